The van der Waals surface area contributed by atoms with E-state index in [1.54, 1.807) is 47.7 Å². The molecule has 1 amide bonds. The highest BCUT2D eigenvalue weighted by molar-refractivity contribution is 7.92. The first kappa shape index (κ1) is 20.3. The summed E-state index contributed by atoms with van der Waals surface area (Å²) in [5.41, 5.74) is 1.58. The van der Waals surface area contributed by atoms with Crippen LogP contribution in [0.2, 0.25) is 0 Å². The van der Waals surface area contributed by atoms with Crippen LogP contribution in [0.3, 0.4) is 0 Å². The number of thiophene rings is 1. The summed E-state index contributed by atoms with van der Waals surface area (Å²) in [6.45, 7) is 0. The van der Waals surface area contributed by atoms with Gasteiger partial charge in [-0.3, -0.25) is 14.4 Å². The normalized spacial score (nSPS) is 11.2. The van der Waals surface area contributed by atoms with Crippen molar-refractivity contribution in [3.63, 3.8) is 0 Å². The number of carbonyl (C=O) groups is 1. The Balaban J connectivity index is 1.55. The molecule has 152 valence electrons. The van der Waals surface area contributed by atoms with Gasteiger partial charge in [0.2, 0.25) is 0 Å². The van der Waals surface area contributed by atoms with Crippen molar-refractivity contribution in [1.29, 1.82) is 0 Å². The predicted molar refractivity (Wildman–Crippen MR) is 122 cm³/mol. The summed E-state index contributed by atoms with van der Waals surface area (Å²) in [5, 5.41) is 7.04. The highest BCUT2D eigenvalue weighted by atomic mass is 32.2. The summed E-state index contributed by atoms with van der Waals surface area (Å²) >= 11 is 2.89. The monoisotopic (exact) mass is 455 g/mol. The minimum absolute atomic E-state index is 0.0416. The van der Waals surface area contributed by atoms with Gasteiger partial charge in [-0.15, -0.1) is 22.7 Å². The number of nitrogens with zero attached hydrogens (tertiary/aromatic N) is 2. The molecule has 0 spiro atoms. The molecule has 0 saturated carbocycles. The smallest absolute Gasteiger partial charge is 0.264 e. The molecule has 2 heterocycles. The number of anilines is 2. The van der Waals surface area contributed by atoms with Gasteiger partial charge in [0.25, 0.3) is 15.9 Å². The Kier molecular flexibility index (Phi) is 5.67. The average molecular weight is 456 g/mol. The molecule has 0 saturated heterocycles. The Morgan fingerprint density at radius 1 is 1.00 bits per heavy atom. The average Bonchev–Trinajstić information content (AvgIpc) is 3.46. The number of hydrogen-bond donors (Lipinski definition) is 1. The van der Waals surface area contributed by atoms with Crippen molar-refractivity contribution in [2.45, 2.75) is 4.90 Å². The molecule has 0 bridgehead atoms. The molecule has 2 aromatic carbocycles. The summed E-state index contributed by atoms with van der Waals surface area (Å²) in [6.07, 6.45) is 0. The number of hydrogen-bond acceptors (Lipinski definition) is 6. The van der Waals surface area contributed by atoms with Crippen LogP contribution in [-0.4, -0.2) is 26.4 Å². The van der Waals surface area contributed by atoms with Crippen molar-refractivity contribution in [3.05, 3.63) is 83.1 Å². The van der Waals surface area contributed by atoms with E-state index < -0.39 is 15.9 Å². The van der Waals surface area contributed by atoms with E-state index in [0.29, 0.717) is 10.8 Å². The zero-order valence-electron chi connectivity index (χ0n) is 15.8. The van der Waals surface area contributed by atoms with Crippen molar-refractivity contribution >= 4 is 49.4 Å². The lowest BCUT2D eigenvalue weighted by Crippen LogP contribution is -2.26. The molecule has 0 aliphatic rings. The van der Waals surface area contributed by atoms with E-state index in [2.05, 4.69) is 10.3 Å². The number of amides is 1. The molecule has 0 radical (unpaired) electrons. The zero-order chi connectivity index (χ0) is 21.1. The van der Waals surface area contributed by atoms with Crippen LogP contribution < -0.4 is 9.62 Å². The lowest BCUT2D eigenvalue weighted by atomic mass is 10.2. The minimum Gasteiger partial charge on any atom is -0.298 e. The molecule has 0 unspecified atom stereocenters. The zero-order valence-corrected chi connectivity index (χ0v) is 18.3. The minimum atomic E-state index is -3.80. The third-order valence-electron chi connectivity index (χ3n) is 4.37. The molecule has 6 nitrogen and oxygen atoms in total. The van der Waals surface area contributed by atoms with Gasteiger partial charge in [0, 0.05) is 18.0 Å². The fourth-order valence-electron chi connectivity index (χ4n) is 2.77. The number of carbonyl (C=O) groups excluding carboxylic acids is 1. The highest BCUT2D eigenvalue weighted by Crippen LogP contribution is 2.29. The maximum absolute atomic E-state index is 13.0. The topological polar surface area (TPSA) is 79.4 Å². The molecule has 0 aliphatic heterocycles. The van der Waals surface area contributed by atoms with E-state index in [1.807, 2.05) is 29.0 Å². The second-order valence-corrected chi connectivity index (χ2v) is 10.1. The standard InChI is InChI=1S/C21H17N3O3S3/c1-24(16-8-3-2-4-9-16)30(26,27)17-10-5-7-15(13-17)20(25)23-21-22-18(14-29-21)19-11-6-12-28-19/h2-14H,1H3,(H,22,23,25). The van der Waals surface area contributed by atoms with E-state index in [1.165, 1.54) is 34.8 Å². The lowest BCUT2D eigenvalue weighted by molar-refractivity contribution is 0.102. The molecule has 0 aliphatic carbocycles. The van der Waals surface area contributed by atoms with Gasteiger partial charge in [-0.1, -0.05) is 30.3 Å². The Labute approximate surface area is 182 Å². The van der Waals surface area contributed by atoms with E-state index in [4.69, 9.17) is 0 Å². The summed E-state index contributed by atoms with van der Waals surface area (Å²) < 4.78 is 27.2. The summed E-state index contributed by atoms with van der Waals surface area (Å²) in [4.78, 5) is 18.2. The molecular formula is C21H17N3O3S3. The van der Waals surface area contributed by atoms with Gasteiger partial charge in [0.1, 0.15) is 0 Å². The van der Waals surface area contributed by atoms with Crippen molar-refractivity contribution < 1.29 is 13.2 Å². The maximum Gasteiger partial charge on any atom is 0.264 e. The van der Waals surface area contributed by atoms with Crippen molar-refractivity contribution in [1.82, 2.24) is 4.98 Å². The van der Waals surface area contributed by atoms with Crippen molar-refractivity contribution in [2.24, 2.45) is 0 Å². The highest BCUT2D eigenvalue weighted by Gasteiger charge is 2.22. The van der Waals surface area contributed by atoms with Gasteiger partial charge in [-0.2, -0.15) is 0 Å². The number of rotatable bonds is 6. The van der Waals surface area contributed by atoms with Crippen LogP contribution in [0, 0.1) is 0 Å². The van der Waals surface area contributed by atoms with E-state index in [-0.39, 0.29) is 10.5 Å². The van der Waals surface area contributed by atoms with Gasteiger partial charge < -0.3 is 0 Å². The second kappa shape index (κ2) is 8.39. The fourth-order valence-corrected chi connectivity index (χ4v) is 5.48. The van der Waals surface area contributed by atoms with Crippen LogP contribution >= 0.6 is 22.7 Å². The first-order valence-electron chi connectivity index (χ1n) is 8.90. The van der Waals surface area contributed by atoms with E-state index in [0.717, 1.165) is 10.6 Å². The van der Waals surface area contributed by atoms with Crippen LogP contribution in [0.15, 0.2) is 82.4 Å². The quantitative estimate of drug-likeness (QED) is 0.446. The third kappa shape index (κ3) is 4.13. The molecule has 0 fully saturated rings. The number of para-hydroxylation sites is 1. The maximum atomic E-state index is 13.0. The van der Waals surface area contributed by atoms with Gasteiger partial charge >= 0.3 is 0 Å². The van der Waals surface area contributed by atoms with Gasteiger partial charge in [0.05, 0.1) is 21.2 Å². The van der Waals surface area contributed by atoms with Crippen LogP contribution in [0.1, 0.15) is 10.4 Å². The van der Waals surface area contributed by atoms with Gasteiger partial charge in [-0.05, 0) is 41.8 Å². The van der Waals surface area contributed by atoms with Crippen molar-refractivity contribution in [3.8, 4) is 10.6 Å². The van der Waals surface area contributed by atoms with Gasteiger partial charge in [-0.25, -0.2) is 13.4 Å². The number of thiazole rings is 1. The molecule has 4 rings (SSSR count). The number of nitrogens with one attached hydrogen (secondary N) is 1. The molecule has 1 N–H and O–H groups in total. The number of benzene rings is 2. The van der Waals surface area contributed by atoms with Crippen LogP contribution in [0.5, 0.6) is 0 Å². The molecule has 0 atom stereocenters. The van der Waals surface area contributed by atoms with Crippen LogP contribution in [0.4, 0.5) is 10.8 Å². The Bertz CT molecular complexity index is 1270. The first-order valence-corrected chi connectivity index (χ1v) is 12.1. The van der Waals surface area contributed by atoms with Crippen molar-refractivity contribution in [2.75, 3.05) is 16.7 Å². The molecule has 9 heteroatoms. The second-order valence-electron chi connectivity index (χ2n) is 6.31. The lowest BCUT2D eigenvalue weighted by Gasteiger charge is -2.19. The first-order chi connectivity index (χ1) is 14.4. The van der Waals surface area contributed by atoms with E-state index >= 15 is 0 Å². The Hall–Kier alpha value is -3.01. The van der Waals surface area contributed by atoms with Crippen LogP contribution in [-0.2, 0) is 10.0 Å². The molecule has 2 aromatic heterocycles. The largest absolute Gasteiger partial charge is 0.298 e. The Morgan fingerprint density at radius 2 is 1.80 bits per heavy atom. The summed E-state index contributed by atoms with van der Waals surface area (Å²) in [5.74, 6) is -0.415. The fraction of sp³-hybridized carbons (Fsp3) is 0.0476. The summed E-state index contributed by atoms with van der Waals surface area (Å²) in [6, 6.07) is 18.7. The van der Waals surface area contributed by atoms with Crippen LogP contribution in [0.25, 0.3) is 10.6 Å². The van der Waals surface area contributed by atoms with E-state index in [9.17, 15) is 13.2 Å². The Morgan fingerprint density at radius 3 is 2.53 bits per heavy atom. The molecular weight excluding hydrogens is 438 g/mol. The molecule has 4 aromatic rings. The third-order valence-corrected chi connectivity index (χ3v) is 7.80. The number of aromatic nitrogens is 1. The molecule has 30 heavy (non-hydrogen) atoms. The predicted octanol–water partition coefficient (Wildman–Crippen LogP) is 4.95. The SMILES string of the molecule is CN(c1ccccc1)S(=O)(=O)c1cccc(C(=O)Nc2nc(-c3cccs3)cs2)c1. The van der Waals surface area contributed by atoms with Gasteiger partial charge in [0.15, 0.2) is 5.13 Å². The summed E-state index contributed by atoms with van der Waals surface area (Å²) in [7, 11) is -2.32. The number of sulfonamides is 1.